The fourth-order valence-electron chi connectivity index (χ4n) is 1.58. The van der Waals surface area contributed by atoms with Gasteiger partial charge in [-0.2, -0.15) is 5.26 Å². The molecule has 0 spiro atoms. The first-order chi connectivity index (χ1) is 8.39. The topological polar surface area (TPSA) is 82.8 Å². The number of nitrogens with zero attached hydrogens (tertiary/aromatic N) is 2. The van der Waals surface area contributed by atoms with Crippen molar-refractivity contribution in [1.82, 2.24) is 4.98 Å². The molecular formula is C12H17N3O2S. The van der Waals surface area contributed by atoms with E-state index in [9.17, 15) is 8.42 Å². The standard InChI is InChI=1S/C12H17N3O2S/c1-4-18(16,17)6-5-14-12-11(8-13)9(2)7-10(3)15-12/h7H,4-6H2,1-3H3,(H,14,15). The molecule has 0 radical (unpaired) electrons. The van der Waals surface area contributed by atoms with E-state index in [4.69, 9.17) is 5.26 Å². The van der Waals surface area contributed by atoms with Crippen LogP contribution in [0.2, 0.25) is 0 Å². The van der Waals surface area contributed by atoms with Crippen molar-refractivity contribution in [3.63, 3.8) is 0 Å². The van der Waals surface area contributed by atoms with Crippen molar-refractivity contribution in [2.45, 2.75) is 20.8 Å². The van der Waals surface area contributed by atoms with E-state index in [-0.39, 0.29) is 18.1 Å². The van der Waals surface area contributed by atoms with E-state index in [0.717, 1.165) is 11.3 Å². The molecule has 98 valence electrons. The molecule has 18 heavy (non-hydrogen) atoms. The molecule has 0 aliphatic heterocycles. The predicted octanol–water partition coefficient (Wildman–Crippen LogP) is 1.42. The molecule has 1 aromatic heterocycles. The Morgan fingerprint density at radius 2 is 2.11 bits per heavy atom. The van der Waals surface area contributed by atoms with Crippen molar-refractivity contribution < 1.29 is 8.42 Å². The van der Waals surface area contributed by atoms with Crippen molar-refractivity contribution in [1.29, 1.82) is 5.26 Å². The van der Waals surface area contributed by atoms with E-state index < -0.39 is 9.84 Å². The zero-order valence-corrected chi connectivity index (χ0v) is 11.6. The number of nitrogens with one attached hydrogen (secondary N) is 1. The molecule has 5 nitrogen and oxygen atoms in total. The summed E-state index contributed by atoms with van der Waals surface area (Å²) in [6.45, 7) is 5.55. The molecule has 0 bridgehead atoms. The molecule has 0 saturated heterocycles. The average molecular weight is 267 g/mol. The smallest absolute Gasteiger partial charge is 0.151 e. The molecule has 1 N–H and O–H groups in total. The molecule has 0 saturated carbocycles. The Morgan fingerprint density at radius 3 is 2.67 bits per heavy atom. The third kappa shape index (κ3) is 3.70. The van der Waals surface area contributed by atoms with Crippen LogP contribution in [0.3, 0.4) is 0 Å². The van der Waals surface area contributed by atoms with Crippen molar-refractivity contribution >= 4 is 15.7 Å². The summed E-state index contributed by atoms with van der Waals surface area (Å²) in [5.41, 5.74) is 2.10. The van der Waals surface area contributed by atoms with Gasteiger partial charge < -0.3 is 5.32 Å². The number of hydrogen-bond donors (Lipinski definition) is 1. The fraction of sp³-hybridized carbons (Fsp3) is 0.500. The van der Waals surface area contributed by atoms with Crippen LogP contribution in [0.5, 0.6) is 0 Å². The first-order valence-corrected chi connectivity index (χ1v) is 7.54. The highest BCUT2D eigenvalue weighted by Crippen LogP contribution is 2.17. The second kappa shape index (κ2) is 5.83. The van der Waals surface area contributed by atoms with E-state index in [0.29, 0.717) is 11.4 Å². The van der Waals surface area contributed by atoms with Gasteiger partial charge in [0.25, 0.3) is 0 Å². The second-order valence-electron chi connectivity index (χ2n) is 4.08. The van der Waals surface area contributed by atoms with Gasteiger partial charge in [0, 0.05) is 18.0 Å². The van der Waals surface area contributed by atoms with E-state index >= 15 is 0 Å². The van der Waals surface area contributed by atoms with Gasteiger partial charge in [-0.25, -0.2) is 13.4 Å². The van der Waals surface area contributed by atoms with E-state index in [1.54, 1.807) is 6.92 Å². The first-order valence-electron chi connectivity index (χ1n) is 5.72. The zero-order valence-electron chi connectivity index (χ0n) is 10.8. The summed E-state index contributed by atoms with van der Waals surface area (Å²) in [4.78, 5) is 4.22. The van der Waals surface area contributed by atoms with Crippen molar-refractivity contribution in [2.75, 3.05) is 23.4 Å². The van der Waals surface area contributed by atoms with Gasteiger partial charge in [0.15, 0.2) is 9.84 Å². The summed E-state index contributed by atoms with van der Waals surface area (Å²) in [5, 5.41) is 12.0. The maximum absolute atomic E-state index is 11.4. The second-order valence-corrected chi connectivity index (χ2v) is 6.55. The predicted molar refractivity (Wildman–Crippen MR) is 71.2 cm³/mol. The van der Waals surface area contributed by atoms with Crippen LogP contribution < -0.4 is 5.32 Å². The molecule has 0 aromatic carbocycles. The lowest BCUT2D eigenvalue weighted by Gasteiger charge is -2.10. The van der Waals surface area contributed by atoms with Crippen LogP contribution >= 0.6 is 0 Å². The quantitative estimate of drug-likeness (QED) is 0.872. The van der Waals surface area contributed by atoms with Crippen LogP contribution in [0.25, 0.3) is 0 Å². The molecule has 0 fully saturated rings. The van der Waals surface area contributed by atoms with Gasteiger partial charge in [-0.1, -0.05) is 6.92 Å². The van der Waals surface area contributed by atoms with Crippen molar-refractivity contribution in [3.05, 3.63) is 22.9 Å². The minimum atomic E-state index is -3.00. The van der Waals surface area contributed by atoms with Gasteiger partial charge in [0.2, 0.25) is 0 Å². The lowest BCUT2D eigenvalue weighted by Crippen LogP contribution is -2.18. The number of aromatic nitrogens is 1. The van der Waals surface area contributed by atoms with Crippen LogP contribution in [-0.2, 0) is 9.84 Å². The van der Waals surface area contributed by atoms with Crippen molar-refractivity contribution in [3.8, 4) is 6.07 Å². The van der Waals surface area contributed by atoms with Crippen LogP contribution in [0.15, 0.2) is 6.07 Å². The van der Waals surface area contributed by atoms with Crippen LogP contribution in [-0.4, -0.2) is 31.5 Å². The number of pyridine rings is 1. The highest BCUT2D eigenvalue weighted by atomic mass is 32.2. The lowest BCUT2D eigenvalue weighted by atomic mass is 10.1. The maximum atomic E-state index is 11.4. The van der Waals surface area contributed by atoms with Crippen LogP contribution in [0, 0.1) is 25.2 Å². The normalized spacial score (nSPS) is 11.0. The number of aryl methyl sites for hydroxylation is 2. The number of sulfone groups is 1. The van der Waals surface area contributed by atoms with Gasteiger partial charge in [0.05, 0.1) is 11.3 Å². The molecular weight excluding hydrogens is 250 g/mol. The summed E-state index contributed by atoms with van der Waals surface area (Å²) in [7, 11) is -3.00. The Bertz CT molecular complexity index is 574. The molecule has 0 atom stereocenters. The maximum Gasteiger partial charge on any atom is 0.151 e. The Morgan fingerprint density at radius 1 is 1.44 bits per heavy atom. The molecule has 0 unspecified atom stereocenters. The number of anilines is 1. The van der Waals surface area contributed by atoms with Gasteiger partial charge in [-0.15, -0.1) is 0 Å². The molecule has 0 aliphatic carbocycles. The Labute approximate surface area is 108 Å². The van der Waals surface area contributed by atoms with E-state index in [1.807, 2.05) is 19.9 Å². The summed E-state index contributed by atoms with van der Waals surface area (Å²) < 4.78 is 22.7. The monoisotopic (exact) mass is 267 g/mol. The van der Waals surface area contributed by atoms with Gasteiger partial charge in [-0.3, -0.25) is 0 Å². The van der Waals surface area contributed by atoms with Gasteiger partial charge >= 0.3 is 0 Å². The average Bonchev–Trinajstić information content (AvgIpc) is 2.28. The summed E-state index contributed by atoms with van der Waals surface area (Å²) >= 11 is 0. The minimum Gasteiger partial charge on any atom is -0.368 e. The highest BCUT2D eigenvalue weighted by Gasteiger charge is 2.10. The largest absolute Gasteiger partial charge is 0.368 e. The molecule has 0 amide bonds. The Kier molecular flexibility index (Phi) is 4.68. The van der Waals surface area contributed by atoms with Crippen molar-refractivity contribution in [2.24, 2.45) is 0 Å². The third-order valence-corrected chi connectivity index (χ3v) is 4.31. The molecule has 1 rings (SSSR count). The summed E-state index contributed by atoms with van der Waals surface area (Å²) in [6, 6.07) is 3.90. The molecule has 0 aliphatic rings. The SMILES string of the molecule is CCS(=O)(=O)CCNc1nc(C)cc(C)c1C#N. The molecule has 6 heteroatoms. The number of rotatable bonds is 5. The first kappa shape index (κ1) is 14.5. The van der Waals surface area contributed by atoms with Crippen LogP contribution in [0.4, 0.5) is 5.82 Å². The summed E-state index contributed by atoms with van der Waals surface area (Å²) in [5.74, 6) is 0.629. The van der Waals surface area contributed by atoms with Gasteiger partial charge in [0.1, 0.15) is 11.9 Å². The number of nitriles is 1. The van der Waals surface area contributed by atoms with Gasteiger partial charge in [-0.05, 0) is 25.5 Å². The fourth-order valence-corrected chi connectivity index (χ4v) is 2.28. The highest BCUT2D eigenvalue weighted by molar-refractivity contribution is 7.91. The zero-order chi connectivity index (χ0) is 13.8. The minimum absolute atomic E-state index is 0.0447. The lowest BCUT2D eigenvalue weighted by molar-refractivity contribution is 0.597. The van der Waals surface area contributed by atoms with E-state index in [1.165, 1.54) is 0 Å². The Balaban J connectivity index is 2.83. The molecule has 1 heterocycles. The third-order valence-electron chi connectivity index (χ3n) is 2.60. The molecule has 1 aromatic rings. The summed E-state index contributed by atoms with van der Waals surface area (Å²) in [6.07, 6.45) is 0. The Hall–Kier alpha value is -1.61. The number of hydrogen-bond acceptors (Lipinski definition) is 5. The van der Waals surface area contributed by atoms with Crippen LogP contribution in [0.1, 0.15) is 23.7 Å². The van der Waals surface area contributed by atoms with E-state index in [2.05, 4.69) is 16.4 Å².